The number of hydrogen-bond donors (Lipinski definition) is 2. The molecule has 0 aromatic heterocycles. The number of carbonyl (C=O) groups excluding carboxylic acids is 1. The van der Waals surface area contributed by atoms with Crippen LogP contribution in [0, 0.1) is 6.92 Å². The van der Waals surface area contributed by atoms with Gasteiger partial charge in [-0.1, -0.05) is 28.1 Å². The van der Waals surface area contributed by atoms with E-state index < -0.39 is 0 Å². The Labute approximate surface area is 98.1 Å². The molecule has 0 aliphatic rings. The van der Waals surface area contributed by atoms with E-state index in [-0.39, 0.29) is 5.91 Å². The van der Waals surface area contributed by atoms with Gasteiger partial charge in [-0.3, -0.25) is 10.2 Å². The zero-order valence-corrected chi connectivity index (χ0v) is 10.3. The fourth-order valence-corrected chi connectivity index (χ4v) is 1.63. The minimum absolute atomic E-state index is 0.108. The molecule has 0 saturated carbocycles. The van der Waals surface area contributed by atoms with E-state index in [1.165, 1.54) is 11.1 Å². The van der Waals surface area contributed by atoms with Gasteiger partial charge in [-0.2, -0.15) is 0 Å². The lowest BCUT2D eigenvalue weighted by molar-refractivity contribution is -0.121. The van der Waals surface area contributed by atoms with E-state index in [4.69, 9.17) is 5.84 Å². The Bertz CT molecular complexity index is 352. The Balaban J connectivity index is 2.44. The SMILES string of the molecule is Cc1cc(CCCC(=O)NN)ccc1Br. The van der Waals surface area contributed by atoms with Crippen molar-refractivity contribution in [3.05, 3.63) is 33.8 Å². The Hall–Kier alpha value is -0.870. The zero-order chi connectivity index (χ0) is 11.3. The Morgan fingerprint density at radius 3 is 2.87 bits per heavy atom. The highest BCUT2D eigenvalue weighted by Crippen LogP contribution is 2.18. The maximum atomic E-state index is 10.9. The molecule has 3 nitrogen and oxygen atoms in total. The van der Waals surface area contributed by atoms with E-state index in [0.29, 0.717) is 6.42 Å². The number of aryl methyl sites for hydroxylation is 2. The molecule has 1 aromatic rings. The lowest BCUT2D eigenvalue weighted by atomic mass is 10.1. The molecule has 0 spiro atoms. The van der Waals surface area contributed by atoms with E-state index in [1.807, 2.05) is 6.07 Å². The van der Waals surface area contributed by atoms with Crippen LogP contribution in [-0.4, -0.2) is 5.91 Å². The molecule has 1 amide bonds. The van der Waals surface area contributed by atoms with Gasteiger partial charge in [0.25, 0.3) is 0 Å². The van der Waals surface area contributed by atoms with E-state index in [9.17, 15) is 4.79 Å². The minimum atomic E-state index is -0.108. The van der Waals surface area contributed by atoms with Crippen LogP contribution in [0.4, 0.5) is 0 Å². The van der Waals surface area contributed by atoms with Gasteiger partial charge in [0.2, 0.25) is 5.91 Å². The van der Waals surface area contributed by atoms with Crippen molar-refractivity contribution >= 4 is 21.8 Å². The summed E-state index contributed by atoms with van der Waals surface area (Å²) in [5.41, 5.74) is 4.59. The van der Waals surface area contributed by atoms with E-state index >= 15 is 0 Å². The van der Waals surface area contributed by atoms with E-state index in [2.05, 4.69) is 40.4 Å². The van der Waals surface area contributed by atoms with Crippen molar-refractivity contribution in [1.29, 1.82) is 0 Å². The van der Waals surface area contributed by atoms with Crippen LogP contribution < -0.4 is 11.3 Å². The van der Waals surface area contributed by atoms with Crippen molar-refractivity contribution in [2.45, 2.75) is 26.2 Å². The molecule has 0 aliphatic heterocycles. The fraction of sp³-hybridized carbons (Fsp3) is 0.364. The van der Waals surface area contributed by atoms with Gasteiger partial charge in [0.1, 0.15) is 0 Å². The number of nitrogens with one attached hydrogen (secondary N) is 1. The molecule has 15 heavy (non-hydrogen) atoms. The van der Waals surface area contributed by atoms with Crippen molar-refractivity contribution < 1.29 is 4.79 Å². The third-order valence-electron chi connectivity index (χ3n) is 2.25. The summed E-state index contributed by atoms with van der Waals surface area (Å²) in [4.78, 5) is 10.9. The third kappa shape index (κ3) is 4.01. The van der Waals surface area contributed by atoms with Gasteiger partial charge in [0.05, 0.1) is 0 Å². The predicted molar refractivity (Wildman–Crippen MR) is 64.1 cm³/mol. The van der Waals surface area contributed by atoms with Crippen LogP contribution in [0.1, 0.15) is 24.0 Å². The van der Waals surface area contributed by atoms with Crippen LogP contribution >= 0.6 is 15.9 Å². The normalized spacial score (nSPS) is 10.1. The van der Waals surface area contributed by atoms with Crippen molar-refractivity contribution in [1.82, 2.24) is 5.43 Å². The number of nitrogens with two attached hydrogens (primary N) is 1. The van der Waals surface area contributed by atoms with Gasteiger partial charge in [0.15, 0.2) is 0 Å². The molecule has 0 fully saturated rings. The largest absolute Gasteiger partial charge is 0.294 e. The lowest BCUT2D eigenvalue weighted by Crippen LogP contribution is -2.29. The van der Waals surface area contributed by atoms with Gasteiger partial charge >= 0.3 is 0 Å². The van der Waals surface area contributed by atoms with Crippen LogP contribution in [0.25, 0.3) is 0 Å². The van der Waals surface area contributed by atoms with Gasteiger partial charge in [-0.15, -0.1) is 0 Å². The standard InChI is InChI=1S/C11H15BrN2O/c1-8-7-9(5-6-10(8)12)3-2-4-11(15)14-13/h5-7H,2-4,13H2,1H3,(H,14,15). The number of halogens is 1. The molecule has 4 heteroatoms. The Morgan fingerprint density at radius 1 is 1.53 bits per heavy atom. The molecule has 82 valence electrons. The zero-order valence-electron chi connectivity index (χ0n) is 8.72. The molecular weight excluding hydrogens is 256 g/mol. The second-order valence-corrected chi connectivity index (χ2v) is 4.36. The summed E-state index contributed by atoms with van der Waals surface area (Å²) in [6, 6.07) is 6.23. The highest BCUT2D eigenvalue weighted by molar-refractivity contribution is 9.10. The number of carbonyl (C=O) groups is 1. The van der Waals surface area contributed by atoms with Gasteiger partial charge in [0, 0.05) is 10.9 Å². The van der Waals surface area contributed by atoms with Crippen molar-refractivity contribution in [3.63, 3.8) is 0 Å². The fourth-order valence-electron chi connectivity index (χ4n) is 1.39. The Morgan fingerprint density at radius 2 is 2.27 bits per heavy atom. The first-order valence-electron chi connectivity index (χ1n) is 4.88. The highest BCUT2D eigenvalue weighted by atomic mass is 79.9. The summed E-state index contributed by atoms with van der Waals surface area (Å²) in [7, 11) is 0. The van der Waals surface area contributed by atoms with Gasteiger partial charge < -0.3 is 0 Å². The molecule has 1 aromatic carbocycles. The molecule has 0 aliphatic carbocycles. The first-order chi connectivity index (χ1) is 7.13. The average molecular weight is 271 g/mol. The van der Waals surface area contributed by atoms with Crippen molar-refractivity contribution in [3.8, 4) is 0 Å². The first-order valence-corrected chi connectivity index (χ1v) is 5.67. The van der Waals surface area contributed by atoms with Crippen LogP contribution in [-0.2, 0) is 11.2 Å². The maximum absolute atomic E-state index is 10.9. The average Bonchev–Trinajstić information content (AvgIpc) is 2.23. The molecular formula is C11H15BrN2O. The number of amides is 1. The summed E-state index contributed by atoms with van der Waals surface area (Å²) in [5.74, 6) is 4.88. The molecule has 3 N–H and O–H groups in total. The molecule has 1 rings (SSSR count). The summed E-state index contributed by atoms with van der Waals surface area (Å²) < 4.78 is 1.12. The van der Waals surface area contributed by atoms with Crippen molar-refractivity contribution in [2.24, 2.45) is 5.84 Å². The smallest absolute Gasteiger partial charge is 0.233 e. The van der Waals surface area contributed by atoms with E-state index in [0.717, 1.165) is 17.3 Å². The Kier molecular flexibility index (Phi) is 4.78. The first kappa shape index (κ1) is 12.2. The predicted octanol–water partition coefficient (Wildman–Crippen LogP) is 2.07. The van der Waals surface area contributed by atoms with Gasteiger partial charge in [-0.25, -0.2) is 5.84 Å². The third-order valence-corrected chi connectivity index (χ3v) is 3.14. The lowest BCUT2D eigenvalue weighted by Gasteiger charge is -2.04. The topological polar surface area (TPSA) is 55.1 Å². The van der Waals surface area contributed by atoms with Crippen LogP contribution in [0.3, 0.4) is 0 Å². The van der Waals surface area contributed by atoms with Crippen LogP contribution in [0.5, 0.6) is 0 Å². The number of benzene rings is 1. The van der Waals surface area contributed by atoms with Crippen LogP contribution in [0.15, 0.2) is 22.7 Å². The summed E-state index contributed by atoms with van der Waals surface area (Å²) in [6.45, 7) is 2.06. The van der Waals surface area contributed by atoms with E-state index in [1.54, 1.807) is 0 Å². The molecule has 0 heterocycles. The number of rotatable bonds is 4. The quantitative estimate of drug-likeness (QED) is 0.500. The van der Waals surface area contributed by atoms with Crippen LogP contribution in [0.2, 0.25) is 0 Å². The van der Waals surface area contributed by atoms with Crippen molar-refractivity contribution in [2.75, 3.05) is 0 Å². The second kappa shape index (κ2) is 5.88. The summed E-state index contributed by atoms with van der Waals surface area (Å²) >= 11 is 3.45. The summed E-state index contributed by atoms with van der Waals surface area (Å²) in [5, 5.41) is 0. The summed E-state index contributed by atoms with van der Waals surface area (Å²) in [6.07, 6.45) is 2.21. The maximum Gasteiger partial charge on any atom is 0.233 e. The number of hydrazine groups is 1. The highest BCUT2D eigenvalue weighted by Gasteiger charge is 2.00. The minimum Gasteiger partial charge on any atom is -0.294 e. The van der Waals surface area contributed by atoms with Gasteiger partial charge in [-0.05, 0) is 37.0 Å². The molecule has 0 radical (unpaired) electrons. The monoisotopic (exact) mass is 270 g/mol. The second-order valence-electron chi connectivity index (χ2n) is 3.50. The number of hydrogen-bond acceptors (Lipinski definition) is 2. The molecule has 0 atom stereocenters. The molecule has 0 unspecified atom stereocenters. The molecule has 0 bridgehead atoms. The molecule has 0 saturated heterocycles.